The van der Waals surface area contributed by atoms with Crippen molar-refractivity contribution in [2.24, 2.45) is 5.92 Å². The Labute approximate surface area is 167 Å². The van der Waals surface area contributed by atoms with Gasteiger partial charge in [0.1, 0.15) is 15.1 Å². The van der Waals surface area contributed by atoms with Crippen LogP contribution in [0.1, 0.15) is 19.3 Å². The Kier molecular flexibility index (Phi) is 5.70. The lowest BCUT2D eigenvalue weighted by Crippen LogP contribution is -2.48. The van der Waals surface area contributed by atoms with E-state index in [0.29, 0.717) is 30.6 Å². The zero-order valence-corrected chi connectivity index (χ0v) is 17.0. The molecule has 6 nitrogen and oxygen atoms in total. The maximum absolute atomic E-state index is 12.2. The minimum atomic E-state index is -3.21. The third-order valence-electron chi connectivity index (χ3n) is 4.80. The molecule has 1 aliphatic heterocycles. The molecule has 146 valence electrons. The number of hydrogen-bond acceptors (Lipinski definition) is 6. The summed E-state index contributed by atoms with van der Waals surface area (Å²) in [5, 5.41) is 0.649. The first-order valence-electron chi connectivity index (χ1n) is 8.95. The van der Waals surface area contributed by atoms with E-state index in [0.717, 1.165) is 29.2 Å². The summed E-state index contributed by atoms with van der Waals surface area (Å²) in [5.74, 6) is 0.723. The highest BCUT2D eigenvalue weighted by atomic mass is 35.5. The van der Waals surface area contributed by atoms with Gasteiger partial charge in [-0.15, -0.1) is 11.3 Å². The average Bonchev–Trinajstić information content (AvgIpc) is 3.44. The number of rotatable bonds is 7. The van der Waals surface area contributed by atoms with Gasteiger partial charge < -0.3 is 9.47 Å². The monoisotopic (exact) mass is 428 g/mol. The van der Waals surface area contributed by atoms with E-state index in [9.17, 15) is 8.42 Å². The number of benzene rings is 1. The number of aromatic nitrogens is 1. The summed E-state index contributed by atoms with van der Waals surface area (Å²) in [7, 11) is -3.21. The summed E-state index contributed by atoms with van der Waals surface area (Å²) in [6.07, 6.45) is 3.83. The molecule has 2 fully saturated rings. The lowest BCUT2D eigenvalue weighted by atomic mass is 9.98. The van der Waals surface area contributed by atoms with Crippen LogP contribution in [0.5, 0.6) is 5.75 Å². The van der Waals surface area contributed by atoms with Crippen LogP contribution in [0.3, 0.4) is 0 Å². The van der Waals surface area contributed by atoms with Crippen molar-refractivity contribution >= 4 is 33.0 Å². The van der Waals surface area contributed by atoms with E-state index in [4.69, 9.17) is 21.1 Å². The first-order valence-corrected chi connectivity index (χ1v) is 11.7. The predicted molar refractivity (Wildman–Crippen MR) is 106 cm³/mol. The van der Waals surface area contributed by atoms with Gasteiger partial charge >= 0.3 is 0 Å². The molecule has 27 heavy (non-hydrogen) atoms. The number of ether oxygens (including phenoxy) is 2. The van der Waals surface area contributed by atoms with Crippen molar-refractivity contribution in [3.8, 4) is 16.3 Å². The van der Waals surface area contributed by atoms with Gasteiger partial charge in [-0.25, -0.2) is 18.1 Å². The topological polar surface area (TPSA) is 77.5 Å². The molecule has 1 saturated carbocycles. The largest absolute Gasteiger partial charge is 0.493 e. The molecule has 4 rings (SSSR count). The fourth-order valence-corrected chi connectivity index (χ4v) is 5.69. The summed E-state index contributed by atoms with van der Waals surface area (Å²) in [5.41, 5.74) is 0.982. The van der Waals surface area contributed by atoms with Crippen molar-refractivity contribution in [2.75, 3.05) is 19.8 Å². The summed E-state index contributed by atoms with van der Waals surface area (Å²) in [4.78, 5) is 4.26. The van der Waals surface area contributed by atoms with E-state index >= 15 is 0 Å². The van der Waals surface area contributed by atoms with Crippen molar-refractivity contribution in [3.63, 3.8) is 0 Å². The van der Waals surface area contributed by atoms with Crippen molar-refractivity contribution in [2.45, 2.75) is 30.6 Å². The van der Waals surface area contributed by atoms with Crippen LogP contribution >= 0.6 is 22.9 Å². The van der Waals surface area contributed by atoms with Gasteiger partial charge in [-0.05, 0) is 43.5 Å². The van der Waals surface area contributed by atoms with Crippen molar-refractivity contribution in [3.05, 3.63) is 34.8 Å². The third-order valence-corrected chi connectivity index (χ3v) is 7.94. The van der Waals surface area contributed by atoms with Crippen molar-refractivity contribution in [1.29, 1.82) is 0 Å². The lowest BCUT2D eigenvalue weighted by Gasteiger charge is -2.31. The van der Waals surface area contributed by atoms with Crippen LogP contribution in [0, 0.1) is 5.92 Å². The fourth-order valence-electron chi connectivity index (χ4n) is 3.09. The lowest BCUT2D eigenvalue weighted by molar-refractivity contribution is 0.0186. The molecule has 0 amide bonds. The molecule has 2 heterocycles. The standard InChI is InChI=1S/C18H21ClN2O4S2/c19-17-9-20-18(26-17)12-1-3-14(4-2-12)25-11-13-10-24-8-7-16(13)21-27(22,23)15-5-6-15/h1-4,9,13,15-16,21H,5-8,10-11H2. The van der Waals surface area contributed by atoms with Crippen molar-refractivity contribution in [1.82, 2.24) is 9.71 Å². The average molecular weight is 429 g/mol. The molecule has 1 aliphatic carbocycles. The molecule has 0 radical (unpaired) electrons. The molecule has 2 atom stereocenters. The van der Waals surface area contributed by atoms with E-state index < -0.39 is 10.0 Å². The Morgan fingerprint density at radius 2 is 2.04 bits per heavy atom. The molecule has 9 heteroatoms. The van der Waals surface area contributed by atoms with E-state index in [-0.39, 0.29) is 17.2 Å². The SMILES string of the molecule is O=S(=O)(NC1CCOCC1COc1ccc(-c2ncc(Cl)s2)cc1)C1CC1. The molecule has 1 N–H and O–H groups in total. The molecule has 0 spiro atoms. The Hall–Kier alpha value is -1.19. The number of hydrogen-bond donors (Lipinski definition) is 1. The summed E-state index contributed by atoms with van der Waals surface area (Å²) < 4.78 is 39.5. The number of halogens is 1. The maximum atomic E-state index is 12.2. The van der Waals surface area contributed by atoms with Crippen LogP contribution in [0.4, 0.5) is 0 Å². The molecular formula is C18H21ClN2O4S2. The third kappa shape index (κ3) is 4.81. The van der Waals surface area contributed by atoms with Gasteiger partial charge in [0.2, 0.25) is 10.0 Å². The summed E-state index contributed by atoms with van der Waals surface area (Å²) >= 11 is 7.36. The first-order chi connectivity index (χ1) is 13.0. The smallest absolute Gasteiger partial charge is 0.214 e. The number of thiazole rings is 1. The van der Waals surface area contributed by atoms with E-state index in [1.54, 1.807) is 6.20 Å². The Balaban J connectivity index is 1.36. The molecule has 0 bridgehead atoms. The second-order valence-corrected chi connectivity index (χ2v) is 10.6. The second-order valence-electron chi connectivity index (χ2n) is 6.90. The highest BCUT2D eigenvalue weighted by Crippen LogP contribution is 2.30. The van der Waals surface area contributed by atoms with Crippen LogP contribution in [-0.2, 0) is 14.8 Å². The van der Waals surface area contributed by atoms with Crippen LogP contribution in [0.25, 0.3) is 10.6 Å². The van der Waals surface area contributed by atoms with Crippen molar-refractivity contribution < 1.29 is 17.9 Å². The summed E-state index contributed by atoms with van der Waals surface area (Å²) in [6, 6.07) is 7.51. The summed E-state index contributed by atoms with van der Waals surface area (Å²) in [6.45, 7) is 1.47. The second kappa shape index (κ2) is 8.05. The molecule has 1 aromatic carbocycles. The van der Waals surface area contributed by atoms with Gasteiger partial charge in [-0.2, -0.15) is 0 Å². The molecule has 1 aromatic heterocycles. The zero-order chi connectivity index (χ0) is 18.9. The fraction of sp³-hybridized carbons (Fsp3) is 0.500. The van der Waals surface area contributed by atoms with Gasteiger partial charge in [-0.1, -0.05) is 11.6 Å². The minimum Gasteiger partial charge on any atom is -0.493 e. The molecular weight excluding hydrogens is 408 g/mol. The van der Waals surface area contributed by atoms with Gasteiger partial charge in [0.05, 0.1) is 24.7 Å². The molecule has 2 unspecified atom stereocenters. The molecule has 1 saturated heterocycles. The van der Waals surface area contributed by atoms with Crippen LogP contribution in [0.2, 0.25) is 4.34 Å². The number of sulfonamides is 1. The first kappa shape index (κ1) is 19.1. The van der Waals surface area contributed by atoms with Gasteiger partial charge in [-0.3, -0.25) is 0 Å². The van der Waals surface area contributed by atoms with Crippen LogP contribution in [0.15, 0.2) is 30.5 Å². The van der Waals surface area contributed by atoms with Crippen LogP contribution in [-0.4, -0.2) is 44.5 Å². The highest BCUT2D eigenvalue weighted by Gasteiger charge is 2.39. The van der Waals surface area contributed by atoms with E-state index in [1.807, 2.05) is 24.3 Å². The van der Waals surface area contributed by atoms with Gasteiger partial charge in [0.15, 0.2) is 0 Å². The Morgan fingerprint density at radius 1 is 1.26 bits per heavy atom. The normalized spacial score (nSPS) is 23.3. The molecule has 2 aromatic rings. The van der Waals surface area contributed by atoms with Crippen LogP contribution < -0.4 is 9.46 Å². The number of nitrogens with zero attached hydrogens (tertiary/aromatic N) is 1. The Bertz CT molecular complexity index is 881. The van der Waals surface area contributed by atoms with Gasteiger partial charge in [0.25, 0.3) is 0 Å². The quantitative estimate of drug-likeness (QED) is 0.731. The highest BCUT2D eigenvalue weighted by molar-refractivity contribution is 7.90. The zero-order valence-electron chi connectivity index (χ0n) is 14.6. The van der Waals surface area contributed by atoms with Gasteiger partial charge in [0, 0.05) is 24.1 Å². The predicted octanol–water partition coefficient (Wildman–Crippen LogP) is 3.33. The van der Waals surface area contributed by atoms with E-state index in [2.05, 4.69) is 9.71 Å². The maximum Gasteiger partial charge on any atom is 0.214 e. The number of nitrogens with one attached hydrogen (secondary N) is 1. The molecule has 2 aliphatic rings. The Morgan fingerprint density at radius 3 is 2.70 bits per heavy atom. The van der Waals surface area contributed by atoms with E-state index in [1.165, 1.54) is 11.3 Å². The minimum absolute atomic E-state index is 0.00952.